The van der Waals surface area contributed by atoms with Crippen molar-refractivity contribution in [2.45, 2.75) is 6.92 Å². The number of amides is 1. The average Bonchev–Trinajstić information content (AvgIpc) is 2.99. The molecule has 2 rings (SSSR count). The van der Waals surface area contributed by atoms with Gasteiger partial charge in [-0.25, -0.2) is 9.78 Å². The van der Waals surface area contributed by atoms with Crippen LogP contribution in [0.4, 0.5) is 5.00 Å². The van der Waals surface area contributed by atoms with Crippen molar-refractivity contribution >= 4 is 28.7 Å². The molecule has 0 saturated heterocycles. The maximum absolute atomic E-state index is 11.8. The van der Waals surface area contributed by atoms with Crippen LogP contribution in [0.25, 0.3) is 10.6 Å². The van der Waals surface area contributed by atoms with Gasteiger partial charge in [-0.2, -0.15) is 0 Å². The second kappa shape index (κ2) is 10.2. The zero-order valence-corrected chi connectivity index (χ0v) is 15.5. The minimum absolute atomic E-state index is 0.0926. The Kier molecular flexibility index (Phi) is 8.33. The predicted molar refractivity (Wildman–Crippen MR) is 101 cm³/mol. The topological polar surface area (TPSA) is 71.5 Å². The molecule has 25 heavy (non-hydrogen) atoms. The van der Waals surface area contributed by atoms with Crippen LogP contribution in [0.3, 0.4) is 0 Å². The molecule has 132 valence electrons. The Morgan fingerprint density at radius 3 is 2.68 bits per heavy atom. The molecule has 1 aromatic heterocycles. The van der Waals surface area contributed by atoms with Gasteiger partial charge in [-0.15, -0.1) is 6.42 Å². The third-order valence-electron chi connectivity index (χ3n) is 2.56. The quantitative estimate of drug-likeness (QED) is 0.505. The summed E-state index contributed by atoms with van der Waals surface area (Å²) in [6.45, 7) is 1.94. The number of aromatic nitrogens is 1. The van der Waals surface area contributed by atoms with Gasteiger partial charge in [0.15, 0.2) is 5.69 Å². The minimum Gasteiger partial charge on any atom is -0.461 e. The minimum atomic E-state index is -0.572. The van der Waals surface area contributed by atoms with E-state index in [1.165, 1.54) is 11.3 Å². The number of ether oxygens (including phenoxy) is 1. The third-order valence-corrected chi connectivity index (χ3v) is 3.60. The van der Waals surface area contributed by atoms with Crippen LogP contribution in [-0.2, 0) is 9.53 Å². The summed E-state index contributed by atoms with van der Waals surface area (Å²) >= 11 is 1.19. The number of hydrogen-bond acceptors (Lipinski definition) is 6. The molecular formula is C18H21N3O3S. The molecule has 7 heteroatoms. The largest absolute Gasteiger partial charge is 0.461 e. The molecule has 6 nitrogen and oxygen atoms in total. The van der Waals surface area contributed by atoms with Gasteiger partial charge in [-0.3, -0.25) is 4.79 Å². The van der Waals surface area contributed by atoms with Crippen LogP contribution < -0.4 is 5.32 Å². The molecule has 0 radical (unpaired) electrons. The summed E-state index contributed by atoms with van der Waals surface area (Å²) in [4.78, 5) is 28.7. The lowest BCUT2D eigenvalue weighted by Crippen LogP contribution is -2.08. The second-order valence-electron chi connectivity index (χ2n) is 5.25. The fourth-order valence-electron chi connectivity index (χ4n) is 1.67. The van der Waals surface area contributed by atoms with E-state index < -0.39 is 5.97 Å². The van der Waals surface area contributed by atoms with E-state index >= 15 is 0 Å². The van der Waals surface area contributed by atoms with Crippen molar-refractivity contribution in [1.29, 1.82) is 0 Å². The van der Waals surface area contributed by atoms with Gasteiger partial charge in [-0.05, 0) is 40.2 Å². The molecule has 1 amide bonds. The fourth-order valence-corrected chi connectivity index (χ4v) is 2.58. The standard InChI is InChI=1S/C15H12N2O3S.C3H9N/c1-3-10-6-5-7-11(8-10)13-17-12(15(19)20-4-2)14(21-13)16-9-18;1-4(2)3/h1,5-9H,4H2,2H3,(H,16,18);1-3H3. The van der Waals surface area contributed by atoms with E-state index in [9.17, 15) is 9.59 Å². The van der Waals surface area contributed by atoms with Crippen molar-refractivity contribution in [3.8, 4) is 22.9 Å². The molecule has 1 N–H and O–H groups in total. The van der Waals surface area contributed by atoms with Crippen molar-refractivity contribution in [3.05, 3.63) is 35.5 Å². The van der Waals surface area contributed by atoms with Crippen molar-refractivity contribution in [3.63, 3.8) is 0 Å². The zero-order valence-electron chi connectivity index (χ0n) is 14.7. The van der Waals surface area contributed by atoms with E-state index in [2.05, 4.69) is 16.2 Å². The summed E-state index contributed by atoms with van der Waals surface area (Å²) in [6.07, 6.45) is 5.87. The van der Waals surface area contributed by atoms with Crippen LogP contribution in [0, 0.1) is 12.3 Å². The first-order chi connectivity index (χ1) is 11.9. The zero-order chi connectivity index (χ0) is 18.8. The van der Waals surface area contributed by atoms with Gasteiger partial charge in [0.1, 0.15) is 10.0 Å². The van der Waals surface area contributed by atoms with Crippen LogP contribution in [-0.4, -0.2) is 50.0 Å². The maximum Gasteiger partial charge on any atom is 0.360 e. The third kappa shape index (κ3) is 6.37. The molecule has 0 bridgehead atoms. The molecule has 1 aromatic carbocycles. The normalized spacial score (nSPS) is 9.60. The molecule has 0 aliphatic rings. The highest BCUT2D eigenvalue weighted by atomic mass is 32.1. The number of carbonyl (C=O) groups excluding carboxylic acids is 2. The van der Waals surface area contributed by atoms with Crippen LogP contribution in [0.2, 0.25) is 0 Å². The number of benzene rings is 1. The number of nitrogens with one attached hydrogen (secondary N) is 1. The Hall–Kier alpha value is -2.69. The first-order valence-corrected chi connectivity index (χ1v) is 8.30. The van der Waals surface area contributed by atoms with Crippen molar-refractivity contribution < 1.29 is 14.3 Å². The number of terminal acetylenes is 1. The van der Waals surface area contributed by atoms with Crippen molar-refractivity contribution in [2.24, 2.45) is 0 Å². The summed E-state index contributed by atoms with van der Waals surface area (Å²) < 4.78 is 4.93. The Bertz CT molecular complexity index is 760. The van der Waals surface area contributed by atoms with Crippen LogP contribution in [0.5, 0.6) is 0 Å². The molecule has 1 heterocycles. The Morgan fingerprint density at radius 1 is 1.44 bits per heavy atom. The summed E-state index contributed by atoms with van der Waals surface area (Å²) in [6, 6.07) is 7.23. The summed E-state index contributed by atoms with van der Waals surface area (Å²) in [7, 11) is 6.00. The molecule has 0 aliphatic heterocycles. The number of esters is 1. The van der Waals surface area contributed by atoms with Crippen molar-refractivity contribution in [1.82, 2.24) is 9.88 Å². The average molecular weight is 359 g/mol. The Labute approximate surface area is 151 Å². The van der Waals surface area contributed by atoms with Crippen LogP contribution in [0.15, 0.2) is 24.3 Å². The van der Waals surface area contributed by atoms with Crippen molar-refractivity contribution in [2.75, 3.05) is 33.1 Å². The molecule has 0 unspecified atom stereocenters. The van der Waals surface area contributed by atoms with E-state index in [-0.39, 0.29) is 12.3 Å². The molecule has 0 saturated carbocycles. The molecular weight excluding hydrogens is 338 g/mol. The number of nitrogens with zero attached hydrogens (tertiary/aromatic N) is 2. The van der Waals surface area contributed by atoms with E-state index in [1.54, 1.807) is 19.1 Å². The Morgan fingerprint density at radius 2 is 2.12 bits per heavy atom. The van der Waals surface area contributed by atoms with Gasteiger partial charge in [0.2, 0.25) is 6.41 Å². The molecule has 2 aromatic rings. The molecule has 0 fully saturated rings. The van der Waals surface area contributed by atoms with Gasteiger partial charge in [-0.1, -0.05) is 29.4 Å². The highest BCUT2D eigenvalue weighted by Crippen LogP contribution is 2.32. The van der Waals surface area contributed by atoms with Gasteiger partial charge in [0.05, 0.1) is 6.61 Å². The van der Waals surface area contributed by atoms with Gasteiger partial charge in [0.25, 0.3) is 0 Å². The lowest BCUT2D eigenvalue weighted by atomic mass is 10.1. The Balaban J connectivity index is 0.000000705. The van der Waals surface area contributed by atoms with Crippen LogP contribution >= 0.6 is 11.3 Å². The SMILES string of the molecule is C#Cc1cccc(-c2nc(C(=O)OCC)c(NC=O)s2)c1.CN(C)C. The maximum atomic E-state index is 11.8. The summed E-state index contributed by atoms with van der Waals surface area (Å²) in [5, 5.41) is 3.40. The first-order valence-electron chi connectivity index (χ1n) is 7.49. The summed E-state index contributed by atoms with van der Waals surface area (Å²) in [5.41, 5.74) is 1.58. The molecule has 0 aliphatic carbocycles. The highest BCUT2D eigenvalue weighted by molar-refractivity contribution is 7.19. The van der Waals surface area contributed by atoms with E-state index in [1.807, 2.05) is 38.2 Å². The number of anilines is 1. The molecule has 0 atom stereocenters. The van der Waals surface area contributed by atoms with E-state index in [0.717, 1.165) is 5.56 Å². The number of thiazole rings is 1. The fraction of sp³-hybridized carbons (Fsp3) is 0.278. The number of carbonyl (C=O) groups is 2. The number of rotatable bonds is 5. The van der Waals surface area contributed by atoms with Gasteiger partial charge in [0, 0.05) is 11.1 Å². The lowest BCUT2D eigenvalue weighted by Gasteiger charge is -1.99. The highest BCUT2D eigenvalue weighted by Gasteiger charge is 2.20. The predicted octanol–water partition coefficient (Wildman–Crippen LogP) is 2.71. The number of hydrogen-bond donors (Lipinski definition) is 1. The van der Waals surface area contributed by atoms with E-state index in [4.69, 9.17) is 11.2 Å². The molecule has 0 spiro atoms. The van der Waals surface area contributed by atoms with Gasteiger partial charge < -0.3 is 15.0 Å². The lowest BCUT2D eigenvalue weighted by molar-refractivity contribution is -0.105. The first kappa shape index (κ1) is 20.4. The van der Waals surface area contributed by atoms with Gasteiger partial charge >= 0.3 is 5.97 Å². The van der Waals surface area contributed by atoms with Crippen LogP contribution in [0.1, 0.15) is 23.0 Å². The van der Waals surface area contributed by atoms with E-state index in [0.29, 0.717) is 22.0 Å². The second-order valence-corrected chi connectivity index (χ2v) is 6.25. The monoisotopic (exact) mass is 359 g/mol. The summed E-state index contributed by atoms with van der Waals surface area (Å²) in [5.74, 6) is 1.97. The smallest absolute Gasteiger partial charge is 0.360 e.